The van der Waals surface area contributed by atoms with Crippen LogP contribution in [0.4, 0.5) is 0 Å². The molecule has 6 atom stereocenters. The first-order valence-electron chi connectivity index (χ1n) is 22.7. The van der Waals surface area contributed by atoms with E-state index in [1.807, 2.05) is 0 Å². The number of aliphatic hydroxyl groups excluding tert-OH is 4. The summed E-state index contributed by atoms with van der Waals surface area (Å²) < 4.78 is 22.7. The Bertz CT molecular complexity index is 1150. The van der Waals surface area contributed by atoms with Crippen molar-refractivity contribution in [1.29, 1.82) is 0 Å². The van der Waals surface area contributed by atoms with E-state index in [0.29, 0.717) is 13.0 Å². The molecule has 1 aliphatic heterocycles. The lowest BCUT2D eigenvalue weighted by Gasteiger charge is -2.39. The first kappa shape index (κ1) is 53.4. The van der Waals surface area contributed by atoms with E-state index in [2.05, 4.69) is 98.9 Å². The van der Waals surface area contributed by atoms with Gasteiger partial charge in [0.1, 0.15) is 30.5 Å². The maximum atomic E-state index is 12.7. The Labute approximate surface area is 352 Å². The molecule has 1 fully saturated rings. The molecular formula is C49H82O9. The number of allylic oxidation sites excluding steroid dienone is 14. The Kier molecular flexibility index (Phi) is 36.6. The number of carbonyl (C=O) groups excluding carboxylic acids is 1. The van der Waals surface area contributed by atoms with Crippen LogP contribution < -0.4 is 0 Å². The molecule has 0 saturated carbocycles. The summed E-state index contributed by atoms with van der Waals surface area (Å²) in [4.78, 5) is 12.7. The van der Waals surface area contributed by atoms with E-state index in [9.17, 15) is 25.2 Å². The fourth-order valence-corrected chi connectivity index (χ4v) is 6.24. The summed E-state index contributed by atoms with van der Waals surface area (Å²) in [6.45, 7) is 4.32. The quantitative estimate of drug-likeness (QED) is 0.0275. The summed E-state index contributed by atoms with van der Waals surface area (Å²) in [5.41, 5.74) is 0. The van der Waals surface area contributed by atoms with Crippen LogP contribution in [0.2, 0.25) is 0 Å². The number of esters is 1. The van der Waals surface area contributed by atoms with E-state index in [-0.39, 0.29) is 19.2 Å². The van der Waals surface area contributed by atoms with Crippen LogP contribution in [0.15, 0.2) is 85.1 Å². The Hall–Kier alpha value is -2.63. The summed E-state index contributed by atoms with van der Waals surface area (Å²) in [6.07, 6.45) is 46.1. The fourth-order valence-electron chi connectivity index (χ4n) is 6.24. The smallest absolute Gasteiger partial charge is 0.306 e. The number of unbranched alkanes of at least 4 members (excludes halogenated alkanes) is 12. The van der Waals surface area contributed by atoms with Gasteiger partial charge in [0, 0.05) is 13.0 Å². The van der Waals surface area contributed by atoms with Crippen LogP contribution >= 0.6 is 0 Å². The largest absolute Gasteiger partial charge is 0.457 e. The second kappa shape index (κ2) is 39.8. The SMILES string of the molecule is CC/C=C\C/C=C\C/C=C\C/C=C\C/C=C\C/C=C\CCCCCCCOCC(COC1OC(CO)C(O)C(O)C1O)OC(=O)CCCCCCC/C=C\CCCC. The van der Waals surface area contributed by atoms with Gasteiger partial charge in [-0.3, -0.25) is 4.79 Å². The lowest BCUT2D eigenvalue weighted by Crippen LogP contribution is -2.59. The van der Waals surface area contributed by atoms with Crippen molar-refractivity contribution < 1.29 is 44.2 Å². The molecule has 1 rings (SSSR count). The van der Waals surface area contributed by atoms with Gasteiger partial charge in [-0.2, -0.15) is 0 Å². The molecule has 6 unspecified atom stereocenters. The van der Waals surface area contributed by atoms with Gasteiger partial charge in [-0.1, -0.05) is 150 Å². The topological polar surface area (TPSA) is 135 Å². The Morgan fingerprint density at radius 2 is 1.05 bits per heavy atom. The summed E-state index contributed by atoms with van der Waals surface area (Å²) in [7, 11) is 0. The molecule has 0 radical (unpaired) electrons. The maximum Gasteiger partial charge on any atom is 0.306 e. The molecule has 0 aromatic carbocycles. The lowest BCUT2D eigenvalue weighted by molar-refractivity contribution is -0.305. The third-order valence-corrected chi connectivity index (χ3v) is 9.80. The summed E-state index contributed by atoms with van der Waals surface area (Å²) >= 11 is 0. The van der Waals surface area contributed by atoms with Crippen molar-refractivity contribution in [2.45, 2.75) is 192 Å². The standard InChI is InChI=1S/C49H82O9/c1-3-5-7-9-11-13-15-16-17-18-19-20-21-22-23-24-25-26-27-29-31-33-35-37-39-55-41-43(42-56-49-48(54)47(53)46(52)44(40-50)58-49)57-45(51)38-36-34-32-30-28-14-12-10-8-6-4-2/h5,7,10-13,16-17,19-20,22-23,25-26,43-44,46-50,52-54H,3-4,6,8-9,14-15,18,21,24,27-42H2,1-2H3/b7-5-,12-10-,13-11-,17-16-,20-19-,23-22-,26-25-. The van der Waals surface area contributed by atoms with Crippen LogP contribution in [0, 0.1) is 0 Å². The number of hydrogen-bond acceptors (Lipinski definition) is 9. The van der Waals surface area contributed by atoms with Gasteiger partial charge in [0.15, 0.2) is 6.29 Å². The second-order valence-electron chi connectivity index (χ2n) is 15.1. The number of hydrogen-bond donors (Lipinski definition) is 4. The second-order valence-corrected chi connectivity index (χ2v) is 15.1. The summed E-state index contributed by atoms with van der Waals surface area (Å²) in [5, 5.41) is 40.1. The number of rotatable bonds is 37. The molecule has 0 aliphatic carbocycles. The molecule has 0 aromatic heterocycles. The van der Waals surface area contributed by atoms with Gasteiger partial charge >= 0.3 is 5.97 Å². The highest BCUT2D eigenvalue weighted by atomic mass is 16.7. The highest BCUT2D eigenvalue weighted by molar-refractivity contribution is 5.69. The van der Waals surface area contributed by atoms with Crippen molar-refractivity contribution in [2.24, 2.45) is 0 Å². The molecule has 0 bridgehead atoms. The van der Waals surface area contributed by atoms with Crippen LogP contribution in [0.25, 0.3) is 0 Å². The molecule has 9 nitrogen and oxygen atoms in total. The van der Waals surface area contributed by atoms with Gasteiger partial charge in [-0.05, 0) is 83.5 Å². The van der Waals surface area contributed by atoms with Gasteiger partial charge in [-0.25, -0.2) is 0 Å². The number of carbonyl (C=O) groups is 1. The van der Waals surface area contributed by atoms with E-state index >= 15 is 0 Å². The van der Waals surface area contributed by atoms with Gasteiger partial charge in [0.05, 0.1) is 19.8 Å². The average molecular weight is 815 g/mol. The molecule has 0 spiro atoms. The minimum atomic E-state index is -1.55. The predicted molar refractivity (Wildman–Crippen MR) is 237 cm³/mol. The highest BCUT2D eigenvalue weighted by Crippen LogP contribution is 2.22. The highest BCUT2D eigenvalue weighted by Gasteiger charge is 2.44. The molecule has 0 amide bonds. The first-order valence-corrected chi connectivity index (χ1v) is 22.7. The molecule has 1 saturated heterocycles. The summed E-state index contributed by atoms with van der Waals surface area (Å²) in [5.74, 6) is -0.336. The minimum Gasteiger partial charge on any atom is -0.457 e. The van der Waals surface area contributed by atoms with Crippen molar-refractivity contribution in [3.8, 4) is 0 Å². The van der Waals surface area contributed by atoms with Gasteiger partial charge in [-0.15, -0.1) is 0 Å². The average Bonchev–Trinajstić information content (AvgIpc) is 3.22. The van der Waals surface area contributed by atoms with E-state index in [1.165, 1.54) is 12.8 Å². The van der Waals surface area contributed by atoms with Crippen LogP contribution in [-0.4, -0.2) is 89.6 Å². The van der Waals surface area contributed by atoms with Crippen LogP contribution in [0.3, 0.4) is 0 Å². The van der Waals surface area contributed by atoms with E-state index in [0.717, 1.165) is 122 Å². The van der Waals surface area contributed by atoms with Gasteiger partial charge in [0.2, 0.25) is 0 Å². The van der Waals surface area contributed by atoms with Crippen molar-refractivity contribution >= 4 is 5.97 Å². The molecule has 332 valence electrons. The minimum absolute atomic E-state index is 0.123. The summed E-state index contributed by atoms with van der Waals surface area (Å²) in [6, 6.07) is 0. The third-order valence-electron chi connectivity index (χ3n) is 9.80. The zero-order chi connectivity index (χ0) is 42.2. The number of aliphatic hydroxyl groups is 4. The molecular weight excluding hydrogens is 733 g/mol. The normalized spacial score (nSPS) is 21.1. The van der Waals surface area contributed by atoms with E-state index in [4.69, 9.17) is 18.9 Å². The molecule has 9 heteroatoms. The molecule has 4 N–H and O–H groups in total. The van der Waals surface area contributed by atoms with Crippen molar-refractivity contribution in [1.82, 2.24) is 0 Å². The first-order chi connectivity index (χ1) is 28.4. The maximum absolute atomic E-state index is 12.7. The predicted octanol–water partition coefficient (Wildman–Crippen LogP) is 10.2. The Morgan fingerprint density at radius 3 is 1.60 bits per heavy atom. The molecule has 0 aromatic rings. The number of ether oxygens (including phenoxy) is 4. The van der Waals surface area contributed by atoms with Crippen LogP contribution in [0.1, 0.15) is 155 Å². The fraction of sp³-hybridized carbons (Fsp3) is 0.694. The zero-order valence-electron chi connectivity index (χ0n) is 36.3. The molecule has 58 heavy (non-hydrogen) atoms. The van der Waals surface area contributed by atoms with E-state index in [1.54, 1.807) is 0 Å². The van der Waals surface area contributed by atoms with Crippen molar-refractivity contribution in [2.75, 3.05) is 26.4 Å². The molecule has 1 aliphatic rings. The van der Waals surface area contributed by atoms with Crippen molar-refractivity contribution in [3.63, 3.8) is 0 Å². The van der Waals surface area contributed by atoms with Gasteiger partial charge in [0.25, 0.3) is 0 Å². The third kappa shape index (κ3) is 30.4. The Morgan fingerprint density at radius 1 is 0.569 bits per heavy atom. The lowest BCUT2D eigenvalue weighted by atomic mass is 9.99. The van der Waals surface area contributed by atoms with Crippen molar-refractivity contribution in [3.05, 3.63) is 85.1 Å². The van der Waals surface area contributed by atoms with Crippen LogP contribution in [-0.2, 0) is 23.7 Å². The van der Waals surface area contributed by atoms with Crippen LogP contribution in [0.5, 0.6) is 0 Å². The monoisotopic (exact) mass is 815 g/mol. The zero-order valence-corrected chi connectivity index (χ0v) is 36.3. The van der Waals surface area contributed by atoms with Gasteiger partial charge < -0.3 is 39.4 Å². The van der Waals surface area contributed by atoms with E-state index < -0.39 is 43.4 Å². The Balaban J connectivity index is 2.25. The molecule has 1 heterocycles.